The number of benzene rings is 1. The van der Waals surface area contributed by atoms with Crippen LogP contribution in [0.5, 0.6) is 0 Å². The third-order valence-corrected chi connectivity index (χ3v) is 4.36. The molecule has 4 heteroatoms. The van der Waals surface area contributed by atoms with Crippen molar-refractivity contribution in [2.75, 3.05) is 5.32 Å². The zero-order valence-electron chi connectivity index (χ0n) is 18.3. The molecule has 1 aromatic rings. The first kappa shape index (κ1) is 23.4. The summed E-state index contributed by atoms with van der Waals surface area (Å²) in [6, 6.07) is 6.21. The number of anilines is 1. The molecule has 4 nitrogen and oxygen atoms in total. The molecule has 0 heterocycles. The molecule has 28 heavy (non-hydrogen) atoms. The number of hydrogen-bond acceptors (Lipinski definition) is 2. The van der Waals surface area contributed by atoms with Gasteiger partial charge in [0.05, 0.1) is 0 Å². The van der Waals surface area contributed by atoms with Gasteiger partial charge in [0, 0.05) is 17.3 Å². The lowest BCUT2D eigenvalue weighted by Gasteiger charge is -2.27. The molecule has 0 aliphatic heterocycles. The Morgan fingerprint density at radius 3 is 2.11 bits per heavy atom. The molecule has 0 spiro atoms. The summed E-state index contributed by atoms with van der Waals surface area (Å²) in [5.74, 6) is -1.17. The second-order valence-electron chi connectivity index (χ2n) is 9.15. The van der Waals surface area contributed by atoms with Gasteiger partial charge in [0.1, 0.15) is 0 Å². The number of aliphatic carboxylic acids is 1. The summed E-state index contributed by atoms with van der Waals surface area (Å²) in [5.41, 5.74) is 4.20. The number of carbonyl (C=O) groups is 2. The molecule has 0 fully saturated rings. The van der Waals surface area contributed by atoms with Crippen LogP contribution in [0.15, 0.2) is 53.6 Å². The first-order chi connectivity index (χ1) is 12.7. The molecular formula is C24H33NO3. The largest absolute Gasteiger partial charge is 0.478 e. The molecule has 0 bridgehead atoms. The Kier molecular flexibility index (Phi) is 7.57. The fraction of sp³-hybridized carbons (Fsp3) is 0.417. The van der Waals surface area contributed by atoms with E-state index in [4.69, 9.17) is 5.11 Å². The maximum atomic E-state index is 12.6. The second kappa shape index (κ2) is 9.05. The number of allylic oxidation sites excluding steroid dienone is 4. The van der Waals surface area contributed by atoms with Gasteiger partial charge in [0.25, 0.3) is 5.91 Å². The average molecular weight is 384 g/mol. The van der Waals surface area contributed by atoms with Gasteiger partial charge in [0.15, 0.2) is 0 Å². The lowest BCUT2D eigenvalue weighted by Crippen LogP contribution is -2.21. The van der Waals surface area contributed by atoms with Crippen LogP contribution in [0.1, 0.15) is 66.5 Å². The highest BCUT2D eigenvalue weighted by Crippen LogP contribution is 2.34. The number of amides is 1. The number of rotatable bonds is 5. The van der Waals surface area contributed by atoms with Crippen molar-refractivity contribution in [2.24, 2.45) is 0 Å². The minimum atomic E-state index is -0.992. The van der Waals surface area contributed by atoms with Gasteiger partial charge < -0.3 is 10.4 Å². The number of carboxylic acids is 1. The van der Waals surface area contributed by atoms with Gasteiger partial charge in [-0.05, 0) is 47.4 Å². The van der Waals surface area contributed by atoms with Crippen LogP contribution < -0.4 is 5.32 Å². The van der Waals surface area contributed by atoms with Crippen LogP contribution in [0.3, 0.4) is 0 Å². The van der Waals surface area contributed by atoms with E-state index in [2.05, 4.69) is 59.0 Å². The van der Waals surface area contributed by atoms with E-state index >= 15 is 0 Å². The van der Waals surface area contributed by atoms with Crippen molar-refractivity contribution < 1.29 is 14.7 Å². The highest BCUT2D eigenvalue weighted by atomic mass is 16.4. The third-order valence-electron chi connectivity index (χ3n) is 4.36. The smallest absolute Gasteiger partial charge is 0.328 e. The van der Waals surface area contributed by atoms with Gasteiger partial charge in [-0.1, -0.05) is 71.9 Å². The SMILES string of the molecule is CC(/C=C/C=C(\C)C(=O)Nc1ccc(C(C)(C)C)cc1C(C)(C)C)=C\C(=O)O. The molecule has 0 aromatic heterocycles. The first-order valence-corrected chi connectivity index (χ1v) is 9.44. The van der Waals surface area contributed by atoms with Gasteiger partial charge in [-0.25, -0.2) is 4.79 Å². The summed E-state index contributed by atoms with van der Waals surface area (Å²) in [4.78, 5) is 23.2. The predicted octanol–water partition coefficient (Wildman–Crippen LogP) is 5.75. The van der Waals surface area contributed by atoms with Crippen LogP contribution in [0.2, 0.25) is 0 Å². The molecule has 152 valence electrons. The van der Waals surface area contributed by atoms with Gasteiger partial charge in [-0.3, -0.25) is 4.79 Å². The Labute approximate surface area is 169 Å². The minimum Gasteiger partial charge on any atom is -0.478 e. The number of hydrogen-bond donors (Lipinski definition) is 2. The molecule has 0 atom stereocenters. The Hall–Kier alpha value is -2.62. The molecule has 0 aliphatic carbocycles. The van der Waals surface area contributed by atoms with Crippen LogP contribution in [0.25, 0.3) is 0 Å². The minimum absolute atomic E-state index is 0.0322. The number of carboxylic acid groups (broad SMARTS) is 1. The lowest BCUT2D eigenvalue weighted by molar-refractivity contribution is -0.131. The van der Waals surface area contributed by atoms with Crippen molar-refractivity contribution in [3.8, 4) is 0 Å². The Morgan fingerprint density at radius 2 is 1.61 bits per heavy atom. The van der Waals surface area contributed by atoms with Crippen LogP contribution in [-0.4, -0.2) is 17.0 Å². The van der Waals surface area contributed by atoms with Crippen molar-refractivity contribution >= 4 is 17.6 Å². The summed E-state index contributed by atoms with van der Waals surface area (Å²) in [6.45, 7) is 16.3. The fourth-order valence-electron chi connectivity index (χ4n) is 2.62. The van der Waals surface area contributed by atoms with E-state index in [0.29, 0.717) is 11.1 Å². The summed E-state index contributed by atoms with van der Waals surface area (Å²) >= 11 is 0. The number of nitrogens with one attached hydrogen (secondary N) is 1. The monoisotopic (exact) mass is 383 g/mol. The van der Waals surface area contributed by atoms with Gasteiger partial charge in [0.2, 0.25) is 0 Å². The topological polar surface area (TPSA) is 66.4 Å². The van der Waals surface area contributed by atoms with Crippen molar-refractivity contribution in [3.05, 3.63) is 64.8 Å². The molecule has 0 saturated heterocycles. The molecule has 0 saturated carbocycles. The summed E-state index contributed by atoms with van der Waals surface area (Å²) in [5, 5.41) is 11.7. The van der Waals surface area contributed by atoms with Crippen LogP contribution in [0, 0.1) is 0 Å². The average Bonchev–Trinajstić information content (AvgIpc) is 2.52. The lowest BCUT2D eigenvalue weighted by atomic mass is 9.80. The highest BCUT2D eigenvalue weighted by Gasteiger charge is 2.23. The van der Waals surface area contributed by atoms with Crippen LogP contribution in [-0.2, 0) is 20.4 Å². The normalized spacial score (nSPS) is 13.7. The van der Waals surface area contributed by atoms with E-state index in [-0.39, 0.29) is 16.7 Å². The molecule has 0 aliphatic rings. The quantitative estimate of drug-likeness (QED) is 0.502. The number of carbonyl (C=O) groups excluding carboxylic acids is 1. The Morgan fingerprint density at radius 1 is 1.00 bits per heavy atom. The van der Waals surface area contributed by atoms with Gasteiger partial charge in [-0.15, -0.1) is 0 Å². The summed E-state index contributed by atoms with van der Waals surface area (Å²) in [7, 11) is 0. The van der Waals surface area contributed by atoms with Crippen molar-refractivity contribution in [1.82, 2.24) is 0 Å². The zero-order chi connectivity index (χ0) is 21.7. The van der Waals surface area contributed by atoms with E-state index in [1.165, 1.54) is 5.56 Å². The van der Waals surface area contributed by atoms with E-state index in [9.17, 15) is 9.59 Å². The molecule has 1 amide bonds. The molecule has 1 rings (SSSR count). The van der Waals surface area contributed by atoms with Crippen LogP contribution >= 0.6 is 0 Å². The van der Waals surface area contributed by atoms with Crippen LogP contribution in [0.4, 0.5) is 5.69 Å². The Balaban J connectivity index is 3.09. The first-order valence-electron chi connectivity index (χ1n) is 9.44. The molecule has 2 N–H and O–H groups in total. The zero-order valence-corrected chi connectivity index (χ0v) is 18.3. The van der Waals surface area contributed by atoms with E-state index < -0.39 is 5.97 Å². The predicted molar refractivity (Wildman–Crippen MR) is 117 cm³/mol. The second-order valence-corrected chi connectivity index (χ2v) is 9.15. The van der Waals surface area contributed by atoms with Gasteiger partial charge >= 0.3 is 5.97 Å². The van der Waals surface area contributed by atoms with E-state index in [0.717, 1.165) is 17.3 Å². The maximum Gasteiger partial charge on any atom is 0.328 e. The van der Waals surface area contributed by atoms with Gasteiger partial charge in [-0.2, -0.15) is 0 Å². The van der Waals surface area contributed by atoms with E-state index in [1.54, 1.807) is 32.1 Å². The molecular weight excluding hydrogens is 350 g/mol. The van der Waals surface area contributed by atoms with Crippen molar-refractivity contribution in [2.45, 2.75) is 66.2 Å². The molecule has 0 radical (unpaired) electrons. The van der Waals surface area contributed by atoms with Crippen molar-refractivity contribution in [3.63, 3.8) is 0 Å². The highest BCUT2D eigenvalue weighted by molar-refractivity contribution is 6.04. The summed E-state index contributed by atoms with van der Waals surface area (Å²) < 4.78 is 0. The standard InChI is InChI=1S/C24H33NO3/c1-16(14-21(26)27)10-9-11-17(2)22(28)25-20-13-12-18(23(3,4)5)15-19(20)24(6,7)8/h9-15H,1-8H3,(H,25,28)(H,26,27)/b10-9+,16-14+,17-11+. The molecule has 1 aromatic carbocycles. The fourth-order valence-corrected chi connectivity index (χ4v) is 2.62. The maximum absolute atomic E-state index is 12.6. The third kappa shape index (κ3) is 7.18. The van der Waals surface area contributed by atoms with E-state index in [1.807, 2.05) is 6.07 Å². The Bertz CT molecular complexity index is 828. The summed E-state index contributed by atoms with van der Waals surface area (Å²) in [6.07, 6.45) is 6.13. The molecule has 0 unspecified atom stereocenters. The van der Waals surface area contributed by atoms with Crippen molar-refractivity contribution in [1.29, 1.82) is 0 Å².